The second-order valence-corrected chi connectivity index (χ2v) is 8.53. The molecule has 0 bridgehead atoms. The highest BCUT2D eigenvalue weighted by molar-refractivity contribution is 6.10. The third-order valence-corrected chi connectivity index (χ3v) is 6.67. The molecule has 0 spiro atoms. The average Bonchev–Trinajstić information content (AvgIpc) is 3.45. The molecule has 0 saturated heterocycles. The molecule has 0 fully saturated rings. The van der Waals surface area contributed by atoms with E-state index in [1.807, 2.05) is 94.1 Å². The van der Waals surface area contributed by atoms with Crippen LogP contribution in [-0.2, 0) is 0 Å². The molecule has 6 heteroatoms. The molecule has 0 aliphatic rings. The molecule has 0 atom stereocenters. The molecule has 0 unspecified atom stereocenters. The Morgan fingerprint density at radius 3 is 1.17 bits per heavy atom. The number of rotatable bonds is 2. The molecule has 6 nitrogen and oxygen atoms in total. The van der Waals surface area contributed by atoms with Crippen LogP contribution in [0.3, 0.4) is 0 Å². The Bertz CT molecular complexity index is 1940. The van der Waals surface area contributed by atoms with Crippen molar-refractivity contribution in [3.8, 4) is 23.8 Å². The van der Waals surface area contributed by atoms with E-state index in [1.54, 1.807) is 0 Å². The van der Waals surface area contributed by atoms with Gasteiger partial charge in [0, 0.05) is 21.5 Å². The minimum absolute atomic E-state index is 0.143. The zero-order valence-electron chi connectivity index (χ0n) is 18.9. The molecule has 3 aromatic heterocycles. The van der Waals surface area contributed by atoms with Crippen LogP contribution in [0.25, 0.3) is 55.2 Å². The van der Waals surface area contributed by atoms with Gasteiger partial charge in [-0.1, -0.05) is 72.8 Å². The van der Waals surface area contributed by atoms with Crippen LogP contribution in [0.1, 0.15) is 11.4 Å². The van der Waals surface area contributed by atoms with Crippen LogP contribution in [0.15, 0.2) is 97.1 Å². The molecule has 36 heavy (non-hydrogen) atoms. The molecule has 4 aromatic carbocycles. The van der Waals surface area contributed by atoms with Crippen LogP contribution in [-0.4, -0.2) is 19.1 Å². The fourth-order valence-electron chi connectivity index (χ4n) is 5.21. The first-order chi connectivity index (χ1) is 17.8. The maximum atomic E-state index is 10.3. The van der Waals surface area contributed by atoms with Gasteiger partial charge >= 0.3 is 0 Å². The third kappa shape index (κ3) is 2.64. The van der Waals surface area contributed by atoms with Crippen molar-refractivity contribution in [2.75, 3.05) is 0 Å². The molecule has 0 N–H and O–H groups in total. The topological polar surface area (TPSA) is 83.2 Å². The first-order valence-electron chi connectivity index (χ1n) is 11.5. The summed E-state index contributed by atoms with van der Waals surface area (Å²) in [6.45, 7) is 0. The number of benzene rings is 4. The fraction of sp³-hybridized carbons (Fsp3) is 0. The number of hydrogen-bond donors (Lipinski definition) is 0. The summed E-state index contributed by atoms with van der Waals surface area (Å²) in [4.78, 5) is 9.46. The Hall–Kier alpha value is -5.46. The molecule has 0 aliphatic carbocycles. The number of nitrogens with zero attached hydrogens (tertiary/aromatic N) is 6. The predicted octanol–water partition coefficient (Wildman–Crippen LogP) is 6.41. The van der Waals surface area contributed by atoms with Crippen molar-refractivity contribution in [1.29, 1.82) is 10.5 Å². The molecule has 3 heterocycles. The molecule has 166 valence electrons. The molecular formula is C30H16N6. The predicted molar refractivity (Wildman–Crippen MR) is 140 cm³/mol. The molecule has 0 saturated carbocycles. The Morgan fingerprint density at radius 2 is 0.806 bits per heavy atom. The first-order valence-corrected chi connectivity index (χ1v) is 11.5. The van der Waals surface area contributed by atoms with Gasteiger partial charge in [0.1, 0.15) is 17.8 Å². The minimum Gasteiger partial charge on any atom is -0.304 e. The summed E-state index contributed by atoms with van der Waals surface area (Å²) in [6, 6.07) is 36.4. The number of nitriles is 2. The van der Waals surface area contributed by atoms with E-state index in [0.29, 0.717) is 11.6 Å². The maximum Gasteiger partial charge on any atom is 0.237 e. The molecule has 0 aliphatic heterocycles. The van der Waals surface area contributed by atoms with Gasteiger partial charge in [0.25, 0.3) is 0 Å². The molecule has 0 amide bonds. The second kappa shape index (κ2) is 7.53. The lowest BCUT2D eigenvalue weighted by molar-refractivity contribution is 0.944. The van der Waals surface area contributed by atoms with Crippen LogP contribution in [0.2, 0.25) is 0 Å². The molecule has 7 rings (SSSR count). The van der Waals surface area contributed by atoms with Gasteiger partial charge in [-0.2, -0.15) is 20.5 Å². The largest absolute Gasteiger partial charge is 0.304 e. The van der Waals surface area contributed by atoms with Crippen LogP contribution in [0.5, 0.6) is 0 Å². The van der Waals surface area contributed by atoms with E-state index in [4.69, 9.17) is 9.97 Å². The maximum absolute atomic E-state index is 10.3. The van der Waals surface area contributed by atoms with E-state index in [2.05, 4.69) is 24.3 Å². The SMILES string of the molecule is N#Cc1nc(-n2c3ccccc3c3ccccc32)nc(C#N)c1-n1c2ccccc2c2ccccc21. The van der Waals surface area contributed by atoms with Crippen LogP contribution in [0, 0.1) is 22.7 Å². The highest BCUT2D eigenvalue weighted by Crippen LogP contribution is 2.35. The number of fused-ring (bicyclic) bond motifs is 6. The van der Waals surface area contributed by atoms with Gasteiger partial charge in [-0.15, -0.1) is 0 Å². The van der Waals surface area contributed by atoms with E-state index < -0.39 is 0 Å². The van der Waals surface area contributed by atoms with Crippen LogP contribution in [0.4, 0.5) is 0 Å². The normalized spacial score (nSPS) is 11.3. The summed E-state index contributed by atoms with van der Waals surface area (Å²) in [5, 5.41) is 24.7. The number of aromatic nitrogens is 4. The summed E-state index contributed by atoms with van der Waals surface area (Å²) in [6.07, 6.45) is 0. The summed E-state index contributed by atoms with van der Waals surface area (Å²) in [5.41, 5.74) is 4.28. The lowest BCUT2D eigenvalue weighted by Crippen LogP contribution is -2.10. The number of hydrogen-bond acceptors (Lipinski definition) is 4. The lowest BCUT2D eigenvalue weighted by atomic mass is 10.2. The zero-order chi connectivity index (χ0) is 24.2. The van der Waals surface area contributed by atoms with Crippen molar-refractivity contribution >= 4 is 43.6 Å². The van der Waals surface area contributed by atoms with Gasteiger partial charge in [-0.3, -0.25) is 4.57 Å². The standard InChI is InChI=1S/C30H16N6/c31-17-23-29(35-25-13-5-1-9-19(25)20-10-2-6-14-26(20)35)24(18-32)34-30(33-23)36-27-15-7-3-11-21(27)22-12-4-8-16-28(22)36/h1-16H. The van der Waals surface area contributed by atoms with Crippen molar-refractivity contribution < 1.29 is 0 Å². The highest BCUT2D eigenvalue weighted by Gasteiger charge is 2.23. The first kappa shape index (κ1) is 20.0. The smallest absolute Gasteiger partial charge is 0.237 e. The summed E-state index contributed by atoms with van der Waals surface area (Å²) in [7, 11) is 0. The Morgan fingerprint density at radius 1 is 0.472 bits per heavy atom. The zero-order valence-corrected chi connectivity index (χ0v) is 18.9. The van der Waals surface area contributed by atoms with Gasteiger partial charge in [0.15, 0.2) is 11.4 Å². The lowest BCUT2D eigenvalue weighted by Gasteiger charge is -2.13. The monoisotopic (exact) mass is 460 g/mol. The summed E-state index contributed by atoms with van der Waals surface area (Å²) >= 11 is 0. The van der Waals surface area contributed by atoms with Crippen molar-refractivity contribution in [3.05, 3.63) is 108 Å². The van der Waals surface area contributed by atoms with Crippen molar-refractivity contribution in [2.24, 2.45) is 0 Å². The van der Waals surface area contributed by atoms with Crippen LogP contribution >= 0.6 is 0 Å². The Balaban J connectivity index is 1.60. The minimum atomic E-state index is 0.143. The van der Waals surface area contributed by atoms with Crippen molar-refractivity contribution in [2.45, 2.75) is 0 Å². The van der Waals surface area contributed by atoms with Crippen molar-refractivity contribution in [3.63, 3.8) is 0 Å². The van der Waals surface area contributed by atoms with Gasteiger partial charge in [0.05, 0.1) is 22.1 Å². The highest BCUT2D eigenvalue weighted by atomic mass is 15.2. The van der Waals surface area contributed by atoms with Crippen LogP contribution < -0.4 is 0 Å². The quantitative estimate of drug-likeness (QED) is 0.298. The Kier molecular flexibility index (Phi) is 4.17. The molecular weight excluding hydrogens is 444 g/mol. The average molecular weight is 461 g/mol. The Labute approximate surface area is 205 Å². The van der Waals surface area contributed by atoms with Gasteiger partial charge in [-0.05, 0) is 24.3 Å². The van der Waals surface area contributed by atoms with E-state index in [0.717, 1.165) is 43.6 Å². The van der Waals surface area contributed by atoms with Crippen molar-refractivity contribution in [1.82, 2.24) is 19.1 Å². The van der Waals surface area contributed by atoms with E-state index in [-0.39, 0.29) is 11.4 Å². The third-order valence-electron chi connectivity index (χ3n) is 6.67. The second-order valence-electron chi connectivity index (χ2n) is 8.53. The molecule has 7 aromatic rings. The van der Waals surface area contributed by atoms with E-state index in [1.165, 1.54) is 0 Å². The summed E-state index contributed by atoms with van der Waals surface area (Å²) in [5.74, 6) is 0.296. The van der Waals surface area contributed by atoms with E-state index in [9.17, 15) is 10.5 Å². The number of para-hydroxylation sites is 4. The van der Waals surface area contributed by atoms with Gasteiger partial charge < -0.3 is 4.57 Å². The van der Waals surface area contributed by atoms with E-state index >= 15 is 0 Å². The summed E-state index contributed by atoms with van der Waals surface area (Å²) < 4.78 is 3.85. The van der Waals surface area contributed by atoms with Gasteiger partial charge in [-0.25, -0.2) is 0 Å². The van der Waals surface area contributed by atoms with Gasteiger partial charge in [0.2, 0.25) is 5.95 Å². The fourth-order valence-corrected chi connectivity index (χ4v) is 5.21. The molecule has 0 radical (unpaired) electrons.